The largest absolute Gasteiger partial charge is 0.507 e. The number of amidine groups is 1. The van der Waals surface area contributed by atoms with Gasteiger partial charge in [0.25, 0.3) is 0 Å². The van der Waals surface area contributed by atoms with Gasteiger partial charge < -0.3 is 15.3 Å². The number of aromatic hydroxyl groups is 1. The SMILES string of the molecule is CCC1=CC(c2ccc(C=NN=CC3CC3)cc2O)=NN=C(N2CCNCC2)C1. The lowest BCUT2D eigenvalue weighted by Crippen LogP contribution is -2.46. The summed E-state index contributed by atoms with van der Waals surface area (Å²) in [5.74, 6) is 1.78. The molecule has 7 nitrogen and oxygen atoms in total. The first-order valence-corrected chi connectivity index (χ1v) is 10.4. The van der Waals surface area contributed by atoms with Gasteiger partial charge in [0.15, 0.2) is 0 Å². The second-order valence-corrected chi connectivity index (χ2v) is 7.69. The standard InChI is InChI=1S/C22H28N6O/c1-2-16-11-20(26-27-22(13-16)28-9-7-23-8-10-28)19-6-5-18(12-21(19)29)15-25-24-14-17-3-4-17/h5-6,11-12,14-15,17,23,29H,2-4,7-10,13H2,1H3. The van der Waals surface area contributed by atoms with Gasteiger partial charge >= 0.3 is 0 Å². The van der Waals surface area contributed by atoms with Gasteiger partial charge in [-0.2, -0.15) is 10.2 Å². The fourth-order valence-electron chi connectivity index (χ4n) is 3.40. The van der Waals surface area contributed by atoms with Crippen LogP contribution >= 0.6 is 0 Å². The zero-order valence-electron chi connectivity index (χ0n) is 16.9. The summed E-state index contributed by atoms with van der Waals surface area (Å²) in [7, 11) is 0. The molecular formula is C22H28N6O. The van der Waals surface area contributed by atoms with E-state index in [2.05, 4.69) is 43.6 Å². The molecule has 2 aliphatic heterocycles. The Morgan fingerprint density at radius 2 is 2.03 bits per heavy atom. The van der Waals surface area contributed by atoms with Crippen LogP contribution in [0.3, 0.4) is 0 Å². The van der Waals surface area contributed by atoms with Crippen LogP contribution in [-0.4, -0.2) is 60.2 Å². The van der Waals surface area contributed by atoms with E-state index in [1.807, 2.05) is 18.3 Å². The van der Waals surface area contributed by atoms with Crippen molar-refractivity contribution in [3.8, 4) is 5.75 Å². The molecule has 0 spiro atoms. The molecular weight excluding hydrogens is 364 g/mol. The van der Waals surface area contributed by atoms with E-state index in [1.54, 1.807) is 12.3 Å². The van der Waals surface area contributed by atoms with Crippen molar-refractivity contribution in [1.29, 1.82) is 0 Å². The smallest absolute Gasteiger partial charge is 0.131 e. The van der Waals surface area contributed by atoms with E-state index >= 15 is 0 Å². The third kappa shape index (κ3) is 5.17. The summed E-state index contributed by atoms with van der Waals surface area (Å²) < 4.78 is 0. The molecule has 0 amide bonds. The van der Waals surface area contributed by atoms with Crippen molar-refractivity contribution in [2.45, 2.75) is 32.6 Å². The minimum atomic E-state index is 0.173. The lowest BCUT2D eigenvalue weighted by molar-refractivity contribution is 0.352. The van der Waals surface area contributed by atoms with Gasteiger partial charge in [0.05, 0.1) is 11.9 Å². The Morgan fingerprint density at radius 1 is 1.21 bits per heavy atom. The molecule has 0 unspecified atom stereocenters. The highest BCUT2D eigenvalue weighted by Crippen LogP contribution is 2.26. The Morgan fingerprint density at radius 3 is 2.76 bits per heavy atom. The van der Waals surface area contributed by atoms with Gasteiger partial charge in [-0.05, 0) is 49.0 Å². The Kier molecular flexibility index (Phi) is 6.14. The van der Waals surface area contributed by atoms with Gasteiger partial charge in [-0.1, -0.05) is 18.6 Å². The van der Waals surface area contributed by atoms with E-state index < -0.39 is 0 Å². The number of piperazine rings is 1. The van der Waals surface area contributed by atoms with Crippen molar-refractivity contribution in [1.82, 2.24) is 10.2 Å². The van der Waals surface area contributed by atoms with Gasteiger partial charge in [-0.25, -0.2) is 0 Å². The van der Waals surface area contributed by atoms with Crippen molar-refractivity contribution >= 4 is 24.0 Å². The molecule has 1 saturated heterocycles. The van der Waals surface area contributed by atoms with Gasteiger partial charge in [-0.15, -0.1) is 10.2 Å². The predicted octanol–water partition coefficient (Wildman–Crippen LogP) is 2.95. The Bertz CT molecular complexity index is 889. The zero-order valence-corrected chi connectivity index (χ0v) is 16.9. The second kappa shape index (κ2) is 9.13. The number of phenolic OH excluding ortho intramolecular Hbond substituents is 1. The number of benzene rings is 1. The summed E-state index contributed by atoms with van der Waals surface area (Å²) in [4.78, 5) is 2.30. The van der Waals surface area contributed by atoms with Crippen LogP contribution in [-0.2, 0) is 0 Å². The molecule has 3 aliphatic rings. The lowest BCUT2D eigenvalue weighted by atomic mass is 10.0. The molecule has 0 bridgehead atoms. The topological polar surface area (TPSA) is 84.9 Å². The van der Waals surface area contributed by atoms with Crippen molar-refractivity contribution in [2.24, 2.45) is 26.3 Å². The maximum Gasteiger partial charge on any atom is 0.131 e. The molecule has 7 heteroatoms. The normalized spacial score (nSPS) is 20.6. The molecule has 1 aromatic rings. The van der Waals surface area contributed by atoms with Crippen LogP contribution < -0.4 is 5.32 Å². The van der Waals surface area contributed by atoms with Gasteiger partial charge in [0.2, 0.25) is 0 Å². The van der Waals surface area contributed by atoms with E-state index in [9.17, 15) is 5.11 Å². The predicted molar refractivity (Wildman–Crippen MR) is 118 cm³/mol. The molecule has 0 atom stereocenters. The summed E-state index contributed by atoms with van der Waals surface area (Å²) in [6.45, 7) is 5.97. The van der Waals surface area contributed by atoms with Crippen LogP contribution in [0.4, 0.5) is 0 Å². The van der Waals surface area contributed by atoms with Crippen molar-refractivity contribution < 1.29 is 5.11 Å². The Balaban J connectivity index is 1.54. The quantitative estimate of drug-likeness (QED) is 0.597. The molecule has 0 radical (unpaired) electrons. The van der Waals surface area contributed by atoms with Crippen molar-refractivity contribution in [3.05, 3.63) is 41.0 Å². The minimum absolute atomic E-state index is 0.173. The van der Waals surface area contributed by atoms with Gasteiger partial charge in [0.1, 0.15) is 11.6 Å². The summed E-state index contributed by atoms with van der Waals surface area (Å²) in [5.41, 5.74) is 3.44. The summed E-state index contributed by atoms with van der Waals surface area (Å²) in [6, 6.07) is 5.48. The number of hydrogen-bond acceptors (Lipinski definition) is 7. The maximum absolute atomic E-state index is 10.6. The number of hydrogen-bond donors (Lipinski definition) is 2. The number of rotatable bonds is 5. The molecule has 2 N–H and O–H groups in total. The summed E-state index contributed by atoms with van der Waals surface area (Å²) in [6.07, 6.45) is 9.75. The van der Waals surface area contributed by atoms with Crippen molar-refractivity contribution in [3.63, 3.8) is 0 Å². The summed E-state index contributed by atoms with van der Waals surface area (Å²) >= 11 is 0. The fraction of sp³-hybridized carbons (Fsp3) is 0.455. The van der Waals surface area contributed by atoms with Gasteiger partial charge in [0, 0.05) is 44.4 Å². The first-order valence-electron chi connectivity index (χ1n) is 10.4. The maximum atomic E-state index is 10.6. The Labute approximate surface area is 171 Å². The monoisotopic (exact) mass is 392 g/mol. The number of phenols is 1. The molecule has 1 aromatic carbocycles. The first kappa shape index (κ1) is 19.5. The Hall–Kier alpha value is -2.80. The number of nitrogens with zero attached hydrogens (tertiary/aromatic N) is 5. The van der Waals surface area contributed by atoms with Crippen LogP contribution in [0.15, 0.2) is 50.3 Å². The highest BCUT2D eigenvalue weighted by molar-refractivity contribution is 6.12. The first-order chi connectivity index (χ1) is 14.2. The second-order valence-electron chi connectivity index (χ2n) is 7.69. The molecule has 1 aliphatic carbocycles. The molecule has 0 aromatic heterocycles. The minimum Gasteiger partial charge on any atom is -0.507 e. The zero-order chi connectivity index (χ0) is 20.1. The van der Waals surface area contributed by atoms with Crippen LogP contribution in [0.25, 0.3) is 0 Å². The van der Waals surface area contributed by atoms with Crippen molar-refractivity contribution in [2.75, 3.05) is 26.2 Å². The third-order valence-electron chi connectivity index (χ3n) is 5.41. The average Bonchev–Trinajstić information content (AvgIpc) is 3.58. The van der Waals surface area contributed by atoms with Gasteiger partial charge in [-0.3, -0.25) is 0 Å². The van der Waals surface area contributed by atoms with E-state index in [0.717, 1.165) is 50.4 Å². The van der Waals surface area contributed by atoms with E-state index in [-0.39, 0.29) is 5.75 Å². The van der Waals surface area contributed by atoms with E-state index in [1.165, 1.54) is 18.4 Å². The highest BCUT2D eigenvalue weighted by atomic mass is 16.3. The molecule has 2 fully saturated rings. The van der Waals surface area contributed by atoms with Crippen LogP contribution in [0, 0.1) is 5.92 Å². The van der Waals surface area contributed by atoms with E-state index in [4.69, 9.17) is 0 Å². The summed E-state index contributed by atoms with van der Waals surface area (Å²) in [5, 5.41) is 31.1. The highest BCUT2D eigenvalue weighted by Gasteiger charge is 2.19. The number of allylic oxidation sites excluding steroid dienone is 1. The van der Waals surface area contributed by atoms with E-state index in [0.29, 0.717) is 17.2 Å². The third-order valence-corrected chi connectivity index (χ3v) is 5.41. The van der Waals surface area contributed by atoms with Crippen LogP contribution in [0.1, 0.15) is 43.7 Å². The lowest BCUT2D eigenvalue weighted by Gasteiger charge is -2.29. The molecule has 2 heterocycles. The number of nitrogens with one attached hydrogen (secondary N) is 1. The average molecular weight is 393 g/mol. The van der Waals surface area contributed by atoms with Crippen LogP contribution in [0.2, 0.25) is 0 Å². The molecule has 4 rings (SSSR count). The molecule has 29 heavy (non-hydrogen) atoms. The molecule has 152 valence electrons. The molecule has 1 saturated carbocycles. The van der Waals surface area contributed by atoms with Crippen LogP contribution in [0.5, 0.6) is 5.75 Å². The fourth-order valence-corrected chi connectivity index (χ4v) is 3.40.